The number of carbonyl (C=O) groups is 1. The molecular formula is C5H9BrN2O. The fourth-order valence-electron chi connectivity index (χ4n) is 0.317. The van der Waals surface area contributed by atoms with Crippen LogP contribution in [0.15, 0.2) is 4.99 Å². The van der Waals surface area contributed by atoms with Crippen LogP contribution in [0.1, 0.15) is 6.92 Å². The predicted molar refractivity (Wildman–Crippen MR) is 41.4 cm³/mol. The number of alkyl halides is 1. The zero-order chi connectivity index (χ0) is 7.11. The first-order chi connectivity index (χ1) is 4.31. The molecule has 0 bridgehead atoms. The van der Waals surface area contributed by atoms with Crippen LogP contribution in [-0.2, 0) is 0 Å². The first-order valence-corrected chi connectivity index (χ1v) is 3.76. The highest BCUT2D eigenvalue weighted by Gasteiger charge is 1.90. The van der Waals surface area contributed by atoms with Crippen LogP contribution in [0.2, 0.25) is 0 Å². The number of hydrogen-bond acceptors (Lipinski definition) is 1. The summed E-state index contributed by atoms with van der Waals surface area (Å²) in [6.45, 7) is 2.32. The third-order valence-corrected chi connectivity index (χ3v) is 1.01. The first-order valence-electron chi connectivity index (χ1n) is 2.63. The number of rotatable bonds is 2. The van der Waals surface area contributed by atoms with Gasteiger partial charge in [0.1, 0.15) is 0 Å². The summed E-state index contributed by atoms with van der Waals surface area (Å²) in [7, 11) is 0. The van der Waals surface area contributed by atoms with Crippen molar-refractivity contribution in [3.8, 4) is 0 Å². The van der Waals surface area contributed by atoms with Crippen LogP contribution in [0.3, 0.4) is 0 Å². The fourth-order valence-corrected chi connectivity index (χ4v) is 0.515. The maximum Gasteiger partial charge on any atom is 0.340 e. The molecular weight excluding hydrogens is 184 g/mol. The molecule has 4 heteroatoms. The largest absolute Gasteiger partial charge is 0.340 e. The molecule has 0 saturated heterocycles. The summed E-state index contributed by atoms with van der Waals surface area (Å²) in [6, 6.07) is -0.281. The first kappa shape index (κ1) is 8.62. The monoisotopic (exact) mass is 192 g/mol. The summed E-state index contributed by atoms with van der Waals surface area (Å²) in [5.74, 6) is 0. The number of amides is 2. The summed E-state index contributed by atoms with van der Waals surface area (Å²) in [4.78, 5) is 13.9. The van der Waals surface area contributed by atoms with Gasteiger partial charge in [-0.15, -0.1) is 0 Å². The van der Waals surface area contributed by atoms with E-state index >= 15 is 0 Å². The molecule has 3 nitrogen and oxygen atoms in total. The molecule has 1 N–H and O–H groups in total. The Bertz CT molecular complexity index is 114. The normalized spacial score (nSPS) is 10.0. The molecule has 2 amide bonds. The van der Waals surface area contributed by atoms with Gasteiger partial charge in [0.2, 0.25) is 0 Å². The highest BCUT2D eigenvalue weighted by Crippen LogP contribution is 1.76. The van der Waals surface area contributed by atoms with E-state index in [9.17, 15) is 4.79 Å². The Morgan fingerprint density at radius 3 is 3.00 bits per heavy atom. The molecule has 0 saturated carbocycles. The van der Waals surface area contributed by atoms with Crippen molar-refractivity contribution in [1.29, 1.82) is 0 Å². The van der Waals surface area contributed by atoms with E-state index in [4.69, 9.17) is 0 Å². The Morgan fingerprint density at radius 2 is 2.56 bits per heavy atom. The zero-order valence-electron chi connectivity index (χ0n) is 5.22. The van der Waals surface area contributed by atoms with E-state index in [0.717, 1.165) is 5.33 Å². The van der Waals surface area contributed by atoms with Gasteiger partial charge in [-0.3, -0.25) is 0 Å². The summed E-state index contributed by atoms with van der Waals surface area (Å²) >= 11 is 3.16. The maximum absolute atomic E-state index is 10.5. The molecule has 0 atom stereocenters. The predicted octanol–water partition coefficient (Wildman–Crippen LogP) is 1.18. The number of hydrogen-bond donors (Lipinski definition) is 1. The van der Waals surface area contributed by atoms with Crippen LogP contribution in [0.25, 0.3) is 0 Å². The van der Waals surface area contributed by atoms with Crippen molar-refractivity contribution in [2.75, 3.05) is 11.9 Å². The lowest BCUT2D eigenvalue weighted by atomic mass is 10.7. The number of carbonyl (C=O) groups excluding carboxylic acids is 1. The lowest BCUT2D eigenvalue weighted by Gasteiger charge is -1.93. The van der Waals surface area contributed by atoms with E-state index in [2.05, 4.69) is 26.2 Å². The Morgan fingerprint density at radius 1 is 1.89 bits per heavy atom. The third kappa shape index (κ3) is 5.49. The Labute approximate surface area is 62.7 Å². The van der Waals surface area contributed by atoms with Gasteiger partial charge in [-0.05, 0) is 6.92 Å². The van der Waals surface area contributed by atoms with Crippen molar-refractivity contribution < 1.29 is 4.79 Å². The van der Waals surface area contributed by atoms with Crippen LogP contribution in [-0.4, -0.2) is 24.1 Å². The van der Waals surface area contributed by atoms with Crippen molar-refractivity contribution in [3.63, 3.8) is 0 Å². The Kier molecular flexibility index (Phi) is 5.51. The molecule has 0 aromatic rings. The molecule has 0 fully saturated rings. The van der Waals surface area contributed by atoms with E-state index in [1.165, 1.54) is 6.21 Å². The van der Waals surface area contributed by atoms with E-state index in [0.29, 0.717) is 6.54 Å². The minimum absolute atomic E-state index is 0.281. The van der Waals surface area contributed by atoms with Crippen LogP contribution < -0.4 is 5.32 Å². The van der Waals surface area contributed by atoms with Gasteiger partial charge in [0, 0.05) is 18.1 Å². The lowest BCUT2D eigenvalue weighted by molar-refractivity contribution is 0.250. The Balaban J connectivity index is 3.27. The van der Waals surface area contributed by atoms with Gasteiger partial charge < -0.3 is 5.32 Å². The van der Waals surface area contributed by atoms with Gasteiger partial charge in [0.05, 0.1) is 0 Å². The quantitative estimate of drug-likeness (QED) is 0.519. The Hall–Kier alpha value is -0.380. The van der Waals surface area contributed by atoms with Crippen molar-refractivity contribution >= 4 is 28.2 Å². The van der Waals surface area contributed by atoms with Crippen molar-refractivity contribution in [1.82, 2.24) is 5.32 Å². The number of urea groups is 1. The number of nitrogens with zero attached hydrogens (tertiary/aromatic N) is 1. The second-order valence-electron chi connectivity index (χ2n) is 1.31. The van der Waals surface area contributed by atoms with Crippen molar-refractivity contribution in [3.05, 3.63) is 0 Å². The van der Waals surface area contributed by atoms with Gasteiger partial charge in [-0.1, -0.05) is 15.9 Å². The highest BCUT2D eigenvalue weighted by molar-refractivity contribution is 9.09. The molecule has 0 heterocycles. The molecule has 0 rings (SSSR count). The molecule has 0 aromatic carbocycles. The standard InChI is InChI=1S/C5H9BrN2O/c1-2-7-5(9)8-4-3-6/h2H,3-4H2,1H3,(H,8,9). The molecule has 0 aliphatic carbocycles. The maximum atomic E-state index is 10.5. The number of nitrogens with one attached hydrogen (secondary N) is 1. The van der Waals surface area contributed by atoms with Gasteiger partial charge in [-0.25, -0.2) is 9.79 Å². The average Bonchev–Trinajstić information content (AvgIpc) is 1.85. The topological polar surface area (TPSA) is 41.5 Å². The molecule has 0 spiro atoms. The molecule has 0 aromatic heterocycles. The summed E-state index contributed by atoms with van der Waals surface area (Å²) in [5.41, 5.74) is 0. The van der Waals surface area contributed by atoms with E-state index in [1.807, 2.05) is 0 Å². The summed E-state index contributed by atoms with van der Waals surface area (Å²) in [5, 5.41) is 3.31. The fraction of sp³-hybridized carbons (Fsp3) is 0.600. The van der Waals surface area contributed by atoms with Gasteiger partial charge in [0.25, 0.3) is 0 Å². The minimum Gasteiger partial charge on any atom is -0.335 e. The molecule has 9 heavy (non-hydrogen) atoms. The number of halogens is 1. The van der Waals surface area contributed by atoms with Crippen LogP contribution >= 0.6 is 15.9 Å². The summed E-state index contributed by atoms with van der Waals surface area (Å²) < 4.78 is 0. The van der Waals surface area contributed by atoms with Crippen LogP contribution in [0, 0.1) is 0 Å². The third-order valence-electron chi connectivity index (χ3n) is 0.617. The molecule has 0 unspecified atom stereocenters. The van der Waals surface area contributed by atoms with Crippen LogP contribution in [0.5, 0.6) is 0 Å². The molecule has 0 aliphatic rings. The van der Waals surface area contributed by atoms with Gasteiger partial charge in [-0.2, -0.15) is 0 Å². The summed E-state index contributed by atoms with van der Waals surface area (Å²) in [6.07, 6.45) is 1.46. The van der Waals surface area contributed by atoms with Crippen molar-refractivity contribution in [2.24, 2.45) is 4.99 Å². The van der Waals surface area contributed by atoms with E-state index in [1.54, 1.807) is 6.92 Å². The minimum atomic E-state index is -0.281. The van der Waals surface area contributed by atoms with Gasteiger partial charge in [0.15, 0.2) is 0 Å². The lowest BCUT2D eigenvalue weighted by Crippen LogP contribution is -2.21. The van der Waals surface area contributed by atoms with Crippen LogP contribution in [0.4, 0.5) is 4.79 Å². The SMILES string of the molecule is CC=NC(=O)NCCBr. The highest BCUT2D eigenvalue weighted by atomic mass is 79.9. The second-order valence-corrected chi connectivity index (χ2v) is 2.10. The van der Waals surface area contributed by atoms with E-state index in [-0.39, 0.29) is 6.03 Å². The zero-order valence-corrected chi connectivity index (χ0v) is 6.81. The smallest absolute Gasteiger partial charge is 0.335 e. The average molecular weight is 193 g/mol. The van der Waals surface area contributed by atoms with E-state index < -0.39 is 0 Å². The van der Waals surface area contributed by atoms with Gasteiger partial charge >= 0.3 is 6.03 Å². The second kappa shape index (κ2) is 5.75. The number of aliphatic imine (C=N–C) groups is 1. The van der Waals surface area contributed by atoms with Crippen molar-refractivity contribution in [2.45, 2.75) is 6.92 Å². The molecule has 0 radical (unpaired) electrons. The molecule has 0 aliphatic heterocycles. The molecule has 52 valence electrons.